The van der Waals surface area contributed by atoms with Gasteiger partial charge in [0.15, 0.2) is 0 Å². The number of thioether (sulfide) groups is 1. The van der Waals surface area contributed by atoms with Gasteiger partial charge in [0.1, 0.15) is 5.37 Å². The second-order valence-electron chi connectivity index (χ2n) is 3.34. The number of hydrogen-bond donors (Lipinski definition) is 1. The van der Waals surface area contributed by atoms with Crippen molar-refractivity contribution in [3.8, 4) is 0 Å². The Kier molecular flexibility index (Phi) is 3.14. The van der Waals surface area contributed by atoms with Crippen LogP contribution in [0.25, 0.3) is 0 Å². The number of amides is 1. The van der Waals surface area contributed by atoms with Gasteiger partial charge in [-0.2, -0.15) is 0 Å². The number of halogens is 2. The van der Waals surface area contributed by atoms with Crippen LogP contribution < -0.4 is 5.32 Å². The van der Waals surface area contributed by atoms with Crippen LogP contribution in [-0.2, 0) is 4.79 Å². The summed E-state index contributed by atoms with van der Waals surface area (Å²) in [6.45, 7) is 1.89. The van der Waals surface area contributed by atoms with Crippen LogP contribution in [0.1, 0.15) is 17.9 Å². The minimum Gasteiger partial charge on any atom is -0.339 e. The zero-order chi connectivity index (χ0) is 11.0. The lowest BCUT2D eigenvalue weighted by atomic mass is 10.2. The van der Waals surface area contributed by atoms with Gasteiger partial charge in [0.25, 0.3) is 0 Å². The molecule has 1 aliphatic rings. The first kappa shape index (κ1) is 11.1. The van der Waals surface area contributed by atoms with E-state index in [1.54, 1.807) is 23.9 Å². The smallest absolute Gasteiger partial charge is 0.234 e. The van der Waals surface area contributed by atoms with Crippen LogP contribution in [0.5, 0.6) is 0 Å². The van der Waals surface area contributed by atoms with E-state index in [0.29, 0.717) is 10.0 Å². The molecule has 2 atom stereocenters. The summed E-state index contributed by atoms with van der Waals surface area (Å²) >= 11 is 13.3. The molecule has 0 bridgehead atoms. The maximum Gasteiger partial charge on any atom is 0.234 e. The Labute approximate surface area is 102 Å². The fourth-order valence-electron chi connectivity index (χ4n) is 1.38. The third-order valence-electron chi connectivity index (χ3n) is 2.23. The molecule has 1 aliphatic heterocycles. The molecule has 1 saturated heterocycles. The first-order valence-electron chi connectivity index (χ1n) is 4.48. The minimum atomic E-state index is -0.0118. The van der Waals surface area contributed by atoms with E-state index in [2.05, 4.69) is 5.32 Å². The summed E-state index contributed by atoms with van der Waals surface area (Å²) in [4.78, 5) is 11.3. The largest absolute Gasteiger partial charge is 0.339 e. The van der Waals surface area contributed by atoms with Crippen LogP contribution in [0.3, 0.4) is 0 Å². The van der Waals surface area contributed by atoms with E-state index >= 15 is 0 Å². The molecule has 1 heterocycles. The quantitative estimate of drug-likeness (QED) is 0.841. The van der Waals surface area contributed by atoms with Crippen LogP contribution in [0.15, 0.2) is 18.2 Å². The summed E-state index contributed by atoms with van der Waals surface area (Å²) in [5.74, 6) is 0.0658. The molecule has 1 fully saturated rings. The van der Waals surface area contributed by atoms with Crippen LogP contribution in [0.4, 0.5) is 0 Å². The molecule has 1 N–H and O–H groups in total. The first-order chi connectivity index (χ1) is 7.08. The van der Waals surface area contributed by atoms with E-state index in [4.69, 9.17) is 23.2 Å². The van der Waals surface area contributed by atoms with E-state index < -0.39 is 0 Å². The van der Waals surface area contributed by atoms with Gasteiger partial charge in [-0.25, -0.2) is 0 Å². The van der Waals surface area contributed by atoms with Crippen molar-refractivity contribution in [1.29, 1.82) is 0 Å². The maximum absolute atomic E-state index is 11.3. The molecule has 15 heavy (non-hydrogen) atoms. The van der Waals surface area contributed by atoms with Gasteiger partial charge in [0.2, 0.25) is 5.91 Å². The molecule has 1 aromatic rings. The van der Waals surface area contributed by atoms with Crippen molar-refractivity contribution < 1.29 is 4.79 Å². The molecule has 80 valence electrons. The van der Waals surface area contributed by atoms with Gasteiger partial charge in [-0.3, -0.25) is 4.79 Å². The Morgan fingerprint density at radius 3 is 2.60 bits per heavy atom. The van der Waals surface area contributed by atoms with Gasteiger partial charge >= 0.3 is 0 Å². The Morgan fingerprint density at radius 1 is 1.33 bits per heavy atom. The number of hydrogen-bond acceptors (Lipinski definition) is 2. The first-order valence-corrected chi connectivity index (χ1v) is 6.18. The number of carbonyl (C=O) groups excluding carboxylic acids is 1. The van der Waals surface area contributed by atoms with Crippen LogP contribution >= 0.6 is 35.0 Å². The summed E-state index contributed by atoms with van der Waals surface area (Å²) in [6.07, 6.45) is 0. The highest BCUT2D eigenvalue weighted by atomic mass is 35.5. The van der Waals surface area contributed by atoms with Crippen molar-refractivity contribution in [3.05, 3.63) is 33.8 Å². The average molecular weight is 262 g/mol. The summed E-state index contributed by atoms with van der Waals surface area (Å²) in [6, 6.07) is 5.42. The predicted octanol–water partition coefficient (Wildman–Crippen LogP) is 3.24. The Morgan fingerprint density at radius 2 is 2.07 bits per heavy atom. The second kappa shape index (κ2) is 4.24. The molecule has 0 unspecified atom stereocenters. The monoisotopic (exact) mass is 261 g/mol. The van der Waals surface area contributed by atoms with E-state index in [1.165, 1.54) is 0 Å². The lowest BCUT2D eigenvalue weighted by Crippen LogP contribution is -2.22. The maximum atomic E-state index is 11.3. The fraction of sp³-hybridized carbons (Fsp3) is 0.300. The third kappa shape index (κ3) is 2.25. The van der Waals surface area contributed by atoms with Crippen LogP contribution in [-0.4, -0.2) is 11.2 Å². The second-order valence-corrected chi connectivity index (χ2v) is 5.61. The predicted molar refractivity (Wildman–Crippen MR) is 64.4 cm³/mol. The molecule has 5 heteroatoms. The van der Waals surface area contributed by atoms with Crippen molar-refractivity contribution >= 4 is 40.9 Å². The minimum absolute atomic E-state index is 0.00977. The van der Waals surface area contributed by atoms with Gasteiger partial charge < -0.3 is 5.32 Å². The molecule has 0 aromatic heterocycles. The fourth-order valence-corrected chi connectivity index (χ4v) is 2.78. The van der Waals surface area contributed by atoms with Crippen LogP contribution in [0, 0.1) is 0 Å². The van der Waals surface area contributed by atoms with Gasteiger partial charge in [0.05, 0.1) is 15.3 Å². The van der Waals surface area contributed by atoms with Gasteiger partial charge in [-0.05, 0) is 24.6 Å². The van der Waals surface area contributed by atoms with Gasteiger partial charge in [0, 0.05) is 0 Å². The molecule has 0 radical (unpaired) electrons. The van der Waals surface area contributed by atoms with Crippen molar-refractivity contribution in [1.82, 2.24) is 5.32 Å². The zero-order valence-electron chi connectivity index (χ0n) is 7.96. The molecule has 2 nitrogen and oxygen atoms in total. The SMILES string of the molecule is C[C@@H]1S[C@H](c2ccc(Cl)c(Cl)c2)NC1=O. The molecule has 0 saturated carbocycles. The lowest BCUT2D eigenvalue weighted by molar-refractivity contribution is -0.119. The number of carbonyl (C=O) groups is 1. The van der Waals surface area contributed by atoms with Crippen molar-refractivity contribution in [3.63, 3.8) is 0 Å². The summed E-state index contributed by atoms with van der Waals surface area (Å²) in [5.41, 5.74) is 0.979. The third-order valence-corrected chi connectivity index (χ3v) is 4.25. The summed E-state index contributed by atoms with van der Waals surface area (Å²) < 4.78 is 0. The Hall–Kier alpha value is -0.380. The summed E-state index contributed by atoms with van der Waals surface area (Å²) in [5, 5.41) is 3.91. The number of rotatable bonds is 1. The molecular weight excluding hydrogens is 253 g/mol. The topological polar surface area (TPSA) is 29.1 Å². The molecule has 0 spiro atoms. The summed E-state index contributed by atoms with van der Waals surface area (Å²) in [7, 11) is 0. The van der Waals surface area contributed by atoms with E-state index in [9.17, 15) is 4.79 Å². The van der Waals surface area contributed by atoms with Crippen molar-refractivity contribution in [2.45, 2.75) is 17.5 Å². The highest BCUT2D eigenvalue weighted by molar-refractivity contribution is 8.01. The number of nitrogens with one attached hydrogen (secondary N) is 1. The van der Waals surface area contributed by atoms with Crippen molar-refractivity contribution in [2.75, 3.05) is 0 Å². The highest BCUT2D eigenvalue weighted by Crippen LogP contribution is 2.37. The average Bonchev–Trinajstić information content (AvgIpc) is 2.52. The van der Waals surface area contributed by atoms with E-state index in [-0.39, 0.29) is 16.5 Å². The zero-order valence-corrected chi connectivity index (χ0v) is 10.3. The van der Waals surface area contributed by atoms with E-state index in [0.717, 1.165) is 5.56 Å². The molecule has 0 aliphatic carbocycles. The molecular formula is C10H9Cl2NOS. The molecule has 1 aromatic carbocycles. The van der Waals surface area contributed by atoms with E-state index in [1.807, 2.05) is 13.0 Å². The molecule has 2 rings (SSSR count). The Balaban J connectivity index is 2.24. The van der Waals surface area contributed by atoms with Gasteiger partial charge in [-0.1, -0.05) is 29.3 Å². The molecule has 1 amide bonds. The highest BCUT2D eigenvalue weighted by Gasteiger charge is 2.30. The lowest BCUT2D eigenvalue weighted by Gasteiger charge is -2.10. The standard InChI is InChI=1S/C10H9Cl2NOS/c1-5-9(14)13-10(15-5)6-2-3-7(11)8(12)4-6/h2-5,10H,1H3,(H,13,14)/t5-,10+/m0/s1. The Bertz CT molecular complexity index is 410. The van der Waals surface area contributed by atoms with Crippen LogP contribution in [0.2, 0.25) is 10.0 Å². The van der Waals surface area contributed by atoms with Crippen molar-refractivity contribution in [2.24, 2.45) is 0 Å². The number of benzene rings is 1. The normalized spacial score (nSPS) is 25.4. The van der Waals surface area contributed by atoms with Gasteiger partial charge in [-0.15, -0.1) is 11.8 Å².